The lowest BCUT2D eigenvalue weighted by molar-refractivity contribution is 0.0717. The summed E-state index contributed by atoms with van der Waals surface area (Å²) >= 11 is 0. The Morgan fingerprint density at radius 3 is 2.44 bits per heavy atom. The second kappa shape index (κ2) is 5.86. The van der Waals surface area contributed by atoms with E-state index in [4.69, 9.17) is 0 Å². The van der Waals surface area contributed by atoms with E-state index < -0.39 is 15.9 Å². The van der Waals surface area contributed by atoms with Crippen LogP contribution in [0.2, 0.25) is 0 Å². The minimum Gasteiger partial charge on any atom is -0.390 e. The molecule has 2 atom stereocenters. The van der Waals surface area contributed by atoms with Gasteiger partial charge in [0.05, 0.1) is 23.7 Å². The molecule has 0 radical (unpaired) electrons. The van der Waals surface area contributed by atoms with E-state index in [0.717, 1.165) is 39.0 Å². The number of nitrogens with zero attached hydrogens (tertiary/aromatic N) is 1. The van der Waals surface area contributed by atoms with E-state index in [1.807, 2.05) is 6.92 Å². The number of hydrogen-bond acceptors (Lipinski definition) is 5. The van der Waals surface area contributed by atoms with Crippen molar-refractivity contribution in [1.29, 1.82) is 0 Å². The number of likely N-dealkylation sites (N-methyl/N-ethyl adjacent to an activating group) is 1. The van der Waals surface area contributed by atoms with Crippen LogP contribution in [0.4, 0.5) is 0 Å². The lowest BCUT2D eigenvalue weighted by Crippen LogP contribution is -2.46. The second-order valence-corrected chi connectivity index (χ2v) is 7.65. The van der Waals surface area contributed by atoms with Crippen LogP contribution in [0.1, 0.15) is 19.8 Å². The molecule has 2 heterocycles. The van der Waals surface area contributed by atoms with Crippen LogP contribution in [-0.4, -0.2) is 68.3 Å². The normalized spacial score (nSPS) is 33.1. The number of aliphatic hydroxyl groups is 1. The van der Waals surface area contributed by atoms with Gasteiger partial charge in [0.1, 0.15) is 0 Å². The molecule has 2 saturated heterocycles. The molecule has 2 N–H and O–H groups in total. The van der Waals surface area contributed by atoms with Gasteiger partial charge in [0.2, 0.25) is 0 Å². The second-order valence-electron chi connectivity index (χ2n) is 5.49. The van der Waals surface area contributed by atoms with Crippen molar-refractivity contribution in [1.82, 2.24) is 10.2 Å². The summed E-state index contributed by atoms with van der Waals surface area (Å²) in [6.45, 7) is 5.86. The molecule has 0 amide bonds. The standard InChI is InChI=1S/C12H24N2O3S/c1-2-14(7-10-3-5-13-6-4-10)11-8-18(16,17)9-12(11)15/h10-13,15H,2-9H2,1H3. The zero-order chi connectivity index (χ0) is 13.2. The minimum absolute atomic E-state index is 0.0691. The predicted molar refractivity (Wildman–Crippen MR) is 71.3 cm³/mol. The summed E-state index contributed by atoms with van der Waals surface area (Å²) in [7, 11) is -3.04. The molecular weight excluding hydrogens is 252 g/mol. The van der Waals surface area contributed by atoms with Crippen molar-refractivity contribution in [3.63, 3.8) is 0 Å². The van der Waals surface area contributed by atoms with Crippen LogP contribution in [0.25, 0.3) is 0 Å². The van der Waals surface area contributed by atoms with E-state index in [9.17, 15) is 13.5 Å². The van der Waals surface area contributed by atoms with Gasteiger partial charge in [0, 0.05) is 6.54 Å². The van der Waals surface area contributed by atoms with Crippen LogP contribution in [0, 0.1) is 5.92 Å². The van der Waals surface area contributed by atoms with Crippen molar-refractivity contribution in [2.24, 2.45) is 5.92 Å². The molecular formula is C12H24N2O3S. The summed E-state index contributed by atoms with van der Waals surface area (Å²) in [6.07, 6.45) is 1.58. The summed E-state index contributed by atoms with van der Waals surface area (Å²) in [5.74, 6) is 0.676. The number of aliphatic hydroxyl groups excluding tert-OH is 1. The van der Waals surface area contributed by atoms with Crippen molar-refractivity contribution in [2.45, 2.75) is 31.9 Å². The van der Waals surface area contributed by atoms with Gasteiger partial charge in [0.15, 0.2) is 9.84 Å². The Balaban J connectivity index is 1.95. The van der Waals surface area contributed by atoms with E-state index >= 15 is 0 Å². The van der Waals surface area contributed by atoms with Crippen molar-refractivity contribution in [2.75, 3.05) is 37.7 Å². The van der Waals surface area contributed by atoms with Gasteiger partial charge in [-0.25, -0.2) is 8.42 Å². The van der Waals surface area contributed by atoms with Gasteiger partial charge < -0.3 is 10.4 Å². The molecule has 2 fully saturated rings. The molecule has 18 heavy (non-hydrogen) atoms. The van der Waals surface area contributed by atoms with Crippen LogP contribution >= 0.6 is 0 Å². The molecule has 2 unspecified atom stereocenters. The molecule has 0 bridgehead atoms. The third kappa shape index (κ3) is 3.44. The first-order valence-electron chi connectivity index (χ1n) is 6.85. The van der Waals surface area contributed by atoms with Crippen LogP contribution in [-0.2, 0) is 9.84 Å². The molecule has 2 rings (SSSR count). The fourth-order valence-corrected chi connectivity index (χ4v) is 4.89. The summed E-state index contributed by atoms with van der Waals surface area (Å²) in [5.41, 5.74) is 0. The largest absolute Gasteiger partial charge is 0.390 e. The SMILES string of the molecule is CCN(CC1CCNCC1)C1CS(=O)(=O)CC1O. The summed E-state index contributed by atoms with van der Waals surface area (Å²) in [6, 6.07) is -0.199. The van der Waals surface area contributed by atoms with Gasteiger partial charge in [-0.1, -0.05) is 6.92 Å². The fraction of sp³-hybridized carbons (Fsp3) is 1.00. The molecule has 2 aliphatic heterocycles. The number of piperidine rings is 1. The van der Waals surface area contributed by atoms with Crippen molar-refractivity contribution < 1.29 is 13.5 Å². The monoisotopic (exact) mass is 276 g/mol. The van der Waals surface area contributed by atoms with Gasteiger partial charge >= 0.3 is 0 Å². The van der Waals surface area contributed by atoms with Gasteiger partial charge in [-0.15, -0.1) is 0 Å². The molecule has 0 saturated carbocycles. The molecule has 2 aliphatic rings. The average molecular weight is 276 g/mol. The average Bonchev–Trinajstić information content (AvgIpc) is 2.61. The molecule has 0 aliphatic carbocycles. The quantitative estimate of drug-likeness (QED) is 0.722. The lowest BCUT2D eigenvalue weighted by atomic mass is 9.96. The Morgan fingerprint density at radius 2 is 1.94 bits per heavy atom. The van der Waals surface area contributed by atoms with E-state index in [2.05, 4.69) is 10.2 Å². The summed E-state index contributed by atoms with van der Waals surface area (Å²) in [5, 5.41) is 13.3. The van der Waals surface area contributed by atoms with E-state index in [1.165, 1.54) is 0 Å². The molecule has 0 aromatic rings. The first kappa shape index (κ1) is 14.2. The maximum atomic E-state index is 11.6. The highest BCUT2D eigenvalue weighted by Crippen LogP contribution is 2.21. The zero-order valence-corrected chi connectivity index (χ0v) is 11.8. The predicted octanol–water partition coefficient (Wildman–Crippen LogP) is -0.534. The lowest BCUT2D eigenvalue weighted by Gasteiger charge is -2.34. The molecule has 0 aromatic carbocycles. The van der Waals surface area contributed by atoms with Crippen molar-refractivity contribution >= 4 is 9.84 Å². The summed E-state index contributed by atoms with van der Waals surface area (Å²) < 4.78 is 23.1. The van der Waals surface area contributed by atoms with E-state index in [0.29, 0.717) is 5.92 Å². The molecule has 0 aromatic heterocycles. The topological polar surface area (TPSA) is 69.6 Å². The highest BCUT2D eigenvalue weighted by Gasteiger charge is 2.39. The van der Waals surface area contributed by atoms with E-state index in [1.54, 1.807) is 0 Å². The van der Waals surface area contributed by atoms with Gasteiger partial charge in [-0.2, -0.15) is 0 Å². The van der Waals surface area contributed by atoms with E-state index in [-0.39, 0.29) is 17.5 Å². The smallest absolute Gasteiger partial charge is 0.154 e. The molecule has 0 spiro atoms. The number of hydrogen-bond donors (Lipinski definition) is 2. The van der Waals surface area contributed by atoms with Crippen LogP contribution in [0.3, 0.4) is 0 Å². The Labute approximate surface area is 109 Å². The number of sulfone groups is 1. The number of rotatable bonds is 4. The van der Waals surface area contributed by atoms with Crippen LogP contribution in [0.15, 0.2) is 0 Å². The molecule has 106 valence electrons. The third-order valence-electron chi connectivity index (χ3n) is 4.12. The maximum Gasteiger partial charge on any atom is 0.154 e. The molecule has 5 nitrogen and oxygen atoms in total. The van der Waals surface area contributed by atoms with Crippen molar-refractivity contribution in [3.8, 4) is 0 Å². The highest BCUT2D eigenvalue weighted by atomic mass is 32.2. The van der Waals surface area contributed by atoms with Crippen molar-refractivity contribution in [3.05, 3.63) is 0 Å². The minimum atomic E-state index is -3.04. The first-order chi connectivity index (χ1) is 8.52. The molecule has 6 heteroatoms. The van der Waals surface area contributed by atoms with Gasteiger partial charge in [-0.05, 0) is 38.4 Å². The third-order valence-corrected chi connectivity index (χ3v) is 5.82. The van der Waals surface area contributed by atoms with Crippen LogP contribution < -0.4 is 5.32 Å². The fourth-order valence-electron chi connectivity index (χ4n) is 3.05. The Morgan fingerprint density at radius 1 is 1.28 bits per heavy atom. The first-order valence-corrected chi connectivity index (χ1v) is 8.67. The number of nitrogens with one attached hydrogen (secondary N) is 1. The Bertz CT molecular complexity index is 366. The summed E-state index contributed by atoms with van der Waals surface area (Å²) in [4.78, 5) is 2.16. The highest BCUT2D eigenvalue weighted by molar-refractivity contribution is 7.91. The van der Waals surface area contributed by atoms with Crippen LogP contribution in [0.5, 0.6) is 0 Å². The van der Waals surface area contributed by atoms with Gasteiger partial charge in [-0.3, -0.25) is 4.90 Å². The Hall–Kier alpha value is -0.170. The zero-order valence-electron chi connectivity index (χ0n) is 11.0. The Kier molecular flexibility index (Phi) is 4.64. The maximum absolute atomic E-state index is 11.6. The van der Waals surface area contributed by atoms with Gasteiger partial charge in [0.25, 0.3) is 0 Å².